The van der Waals surface area contributed by atoms with Crippen molar-refractivity contribution < 1.29 is 13.9 Å². The molecule has 4 rings (SSSR count). The summed E-state index contributed by atoms with van der Waals surface area (Å²) in [4.78, 5) is 32.3. The van der Waals surface area contributed by atoms with Gasteiger partial charge < -0.3 is 9.72 Å². The van der Waals surface area contributed by atoms with E-state index in [9.17, 15) is 14.0 Å². The molecular weight excluding hydrogens is 455 g/mol. The number of carbonyl (C=O) groups is 1. The second-order valence-corrected chi connectivity index (χ2v) is 8.83. The molecule has 1 amide bonds. The van der Waals surface area contributed by atoms with Crippen LogP contribution in [-0.4, -0.2) is 39.5 Å². The van der Waals surface area contributed by atoms with Gasteiger partial charge in [-0.1, -0.05) is 37.2 Å². The highest BCUT2D eigenvalue weighted by atomic mass is 32.2. The average Bonchev–Trinajstić information content (AvgIpc) is 3.28. The van der Waals surface area contributed by atoms with E-state index >= 15 is 0 Å². The van der Waals surface area contributed by atoms with Crippen molar-refractivity contribution in [3.8, 4) is 5.75 Å². The number of hydrogen-bond acceptors (Lipinski definition) is 6. The summed E-state index contributed by atoms with van der Waals surface area (Å²) in [6.45, 7) is 2.01. The Kier molecular flexibility index (Phi) is 7.42. The SMILES string of the molecule is CCCc1cc(=O)[nH]c(SCC(=O)N2N=C(c3ccc(OC)cc3)C[C@@H]2c2ccc(F)cc2)n1. The lowest BCUT2D eigenvalue weighted by Gasteiger charge is -2.22. The maximum Gasteiger partial charge on any atom is 0.253 e. The first kappa shape index (κ1) is 23.7. The minimum absolute atomic E-state index is 0.0512. The molecule has 0 saturated carbocycles. The molecule has 1 atom stereocenters. The summed E-state index contributed by atoms with van der Waals surface area (Å²) in [5, 5.41) is 6.49. The molecule has 7 nitrogen and oxygen atoms in total. The van der Waals surface area contributed by atoms with Gasteiger partial charge in [0.05, 0.1) is 24.6 Å². The van der Waals surface area contributed by atoms with E-state index in [0.29, 0.717) is 23.7 Å². The van der Waals surface area contributed by atoms with E-state index in [1.165, 1.54) is 35.0 Å². The Morgan fingerprint density at radius 2 is 1.94 bits per heavy atom. The lowest BCUT2D eigenvalue weighted by Crippen LogP contribution is -2.28. The molecule has 0 spiro atoms. The van der Waals surface area contributed by atoms with Gasteiger partial charge in [0.2, 0.25) is 0 Å². The highest BCUT2D eigenvalue weighted by Gasteiger charge is 2.33. The largest absolute Gasteiger partial charge is 0.497 e. The van der Waals surface area contributed by atoms with Gasteiger partial charge in [-0.05, 0) is 53.9 Å². The number of aromatic nitrogens is 2. The van der Waals surface area contributed by atoms with Crippen molar-refractivity contribution in [1.82, 2.24) is 15.0 Å². The molecule has 0 unspecified atom stereocenters. The lowest BCUT2D eigenvalue weighted by atomic mass is 9.98. The lowest BCUT2D eigenvalue weighted by molar-refractivity contribution is -0.130. The number of ether oxygens (including phenoxy) is 1. The zero-order chi connectivity index (χ0) is 24.1. The van der Waals surface area contributed by atoms with Crippen LogP contribution in [-0.2, 0) is 11.2 Å². The molecule has 0 saturated heterocycles. The molecule has 0 bridgehead atoms. The molecule has 2 aromatic carbocycles. The number of amides is 1. The van der Waals surface area contributed by atoms with E-state index in [1.54, 1.807) is 19.2 Å². The van der Waals surface area contributed by atoms with Gasteiger partial charge in [-0.2, -0.15) is 5.10 Å². The van der Waals surface area contributed by atoms with Crippen LogP contribution in [0.15, 0.2) is 69.6 Å². The minimum Gasteiger partial charge on any atom is -0.497 e. The van der Waals surface area contributed by atoms with Gasteiger partial charge in [0, 0.05) is 18.2 Å². The first-order chi connectivity index (χ1) is 16.5. The number of thioether (sulfide) groups is 1. The number of benzene rings is 2. The number of methoxy groups -OCH3 is 1. The molecule has 0 fully saturated rings. The highest BCUT2D eigenvalue weighted by Crippen LogP contribution is 2.34. The molecule has 0 aliphatic carbocycles. The van der Waals surface area contributed by atoms with E-state index in [4.69, 9.17) is 4.74 Å². The van der Waals surface area contributed by atoms with Crippen molar-refractivity contribution in [2.45, 2.75) is 37.4 Å². The second-order valence-electron chi connectivity index (χ2n) is 7.87. The summed E-state index contributed by atoms with van der Waals surface area (Å²) in [5.41, 5.74) is 2.90. The van der Waals surface area contributed by atoms with Crippen molar-refractivity contribution in [3.63, 3.8) is 0 Å². The molecule has 9 heteroatoms. The zero-order valence-electron chi connectivity index (χ0n) is 19.0. The highest BCUT2D eigenvalue weighted by molar-refractivity contribution is 7.99. The van der Waals surface area contributed by atoms with E-state index < -0.39 is 0 Å². The van der Waals surface area contributed by atoms with Gasteiger partial charge in [-0.3, -0.25) is 9.59 Å². The van der Waals surface area contributed by atoms with Crippen LogP contribution in [0.5, 0.6) is 5.75 Å². The third kappa shape index (κ3) is 5.53. The summed E-state index contributed by atoms with van der Waals surface area (Å²) >= 11 is 1.17. The molecule has 0 radical (unpaired) electrons. The Hall–Kier alpha value is -3.46. The van der Waals surface area contributed by atoms with Gasteiger partial charge in [0.25, 0.3) is 11.5 Å². The van der Waals surface area contributed by atoms with Crippen LogP contribution in [0.1, 0.15) is 42.6 Å². The van der Waals surface area contributed by atoms with Crippen LogP contribution >= 0.6 is 11.8 Å². The van der Waals surface area contributed by atoms with Crippen LogP contribution in [0.2, 0.25) is 0 Å². The molecular formula is C25H25FN4O3S. The topological polar surface area (TPSA) is 87.7 Å². The summed E-state index contributed by atoms with van der Waals surface area (Å²) in [6, 6.07) is 14.7. The molecule has 3 aromatic rings. The summed E-state index contributed by atoms with van der Waals surface area (Å²) in [7, 11) is 1.60. The maximum absolute atomic E-state index is 13.5. The Morgan fingerprint density at radius 3 is 2.62 bits per heavy atom. The number of aromatic amines is 1. The number of rotatable bonds is 8. The molecule has 1 aromatic heterocycles. The second kappa shape index (κ2) is 10.6. The van der Waals surface area contributed by atoms with E-state index in [-0.39, 0.29) is 29.1 Å². The van der Waals surface area contributed by atoms with E-state index in [2.05, 4.69) is 15.1 Å². The molecule has 1 aliphatic rings. The van der Waals surface area contributed by atoms with Gasteiger partial charge in [0.15, 0.2) is 5.16 Å². The van der Waals surface area contributed by atoms with Crippen LogP contribution in [0.25, 0.3) is 0 Å². The third-order valence-electron chi connectivity index (χ3n) is 5.46. The minimum atomic E-state index is -0.357. The standard InChI is InChI=1S/C25H25FN4O3S/c1-3-4-19-13-23(31)28-25(27-19)34-15-24(32)30-22(17-5-9-18(26)10-6-17)14-21(29-30)16-7-11-20(33-2)12-8-16/h5-13,22H,3-4,14-15H2,1-2H3,(H,27,28,31)/t22-/m1/s1. The first-order valence-corrected chi connectivity index (χ1v) is 12.0. The first-order valence-electron chi connectivity index (χ1n) is 11.0. The smallest absolute Gasteiger partial charge is 0.253 e. The van der Waals surface area contributed by atoms with Crippen LogP contribution in [0, 0.1) is 5.82 Å². The Labute approximate surface area is 201 Å². The Morgan fingerprint density at radius 1 is 1.21 bits per heavy atom. The number of H-pyrrole nitrogens is 1. The third-order valence-corrected chi connectivity index (χ3v) is 6.31. The van der Waals surface area contributed by atoms with Gasteiger partial charge in [-0.25, -0.2) is 14.4 Å². The van der Waals surface area contributed by atoms with E-state index in [1.807, 2.05) is 31.2 Å². The predicted octanol–water partition coefficient (Wildman–Crippen LogP) is 4.34. The Balaban J connectivity index is 1.57. The number of nitrogens with one attached hydrogen (secondary N) is 1. The fourth-order valence-corrected chi connectivity index (χ4v) is 4.52. The number of hydrazone groups is 1. The molecule has 34 heavy (non-hydrogen) atoms. The zero-order valence-corrected chi connectivity index (χ0v) is 19.8. The average molecular weight is 481 g/mol. The number of aryl methyl sites for hydroxylation is 1. The number of hydrogen-bond donors (Lipinski definition) is 1. The monoisotopic (exact) mass is 480 g/mol. The summed E-state index contributed by atoms with van der Waals surface area (Å²) < 4.78 is 18.7. The molecule has 1 aliphatic heterocycles. The van der Waals surface area contributed by atoms with Gasteiger partial charge in [-0.15, -0.1) is 0 Å². The number of halogens is 1. The normalized spacial score (nSPS) is 15.3. The molecule has 1 N–H and O–H groups in total. The predicted molar refractivity (Wildman–Crippen MR) is 130 cm³/mol. The Bertz CT molecular complexity index is 1240. The fourth-order valence-electron chi connectivity index (χ4n) is 3.77. The van der Waals surface area contributed by atoms with Crippen molar-refractivity contribution in [2.75, 3.05) is 12.9 Å². The maximum atomic E-state index is 13.5. The van der Waals surface area contributed by atoms with Crippen molar-refractivity contribution in [1.29, 1.82) is 0 Å². The van der Waals surface area contributed by atoms with Crippen LogP contribution in [0.4, 0.5) is 4.39 Å². The van der Waals surface area contributed by atoms with Crippen molar-refractivity contribution in [3.05, 3.63) is 87.6 Å². The van der Waals surface area contributed by atoms with Crippen LogP contribution < -0.4 is 10.3 Å². The van der Waals surface area contributed by atoms with Gasteiger partial charge in [0.1, 0.15) is 11.6 Å². The summed E-state index contributed by atoms with van der Waals surface area (Å²) in [5.74, 6) is 0.212. The van der Waals surface area contributed by atoms with E-state index in [0.717, 1.165) is 29.0 Å². The van der Waals surface area contributed by atoms with Crippen molar-refractivity contribution in [2.24, 2.45) is 5.10 Å². The van der Waals surface area contributed by atoms with Gasteiger partial charge >= 0.3 is 0 Å². The quantitative estimate of drug-likeness (QED) is 0.383. The molecule has 2 heterocycles. The van der Waals surface area contributed by atoms with Crippen molar-refractivity contribution >= 4 is 23.4 Å². The fraction of sp³-hybridized carbons (Fsp3) is 0.280. The summed E-state index contributed by atoms with van der Waals surface area (Å²) in [6.07, 6.45) is 2.06. The van der Waals surface area contributed by atoms with Crippen LogP contribution in [0.3, 0.4) is 0 Å². The number of carbonyl (C=O) groups excluding carboxylic acids is 1. The molecule has 176 valence electrons. The number of nitrogens with zero attached hydrogens (tertiary/aromatic N) is 3.